The van der Waals surface area contributed by atoms with Crippen LogP contribution >= 0.6 is 0 Å². The van der Waals surface area contributed by atoms with Crippen LogP contribution < -0.4 is 14.8 Å². The van der Waals surface area contributed by atoms with Gasteiger partial charge in [0.2, 0.25) is 0 Å². The number of ether oxygens (including phenoxy) is 2. The molecule has 0 saturated carbocycles. The molecule has 1 aromatic carbocycles. The van der Waals surface area contributed by atoms with Crippen molar-refractivity contribution in [1.29, 1.82) is 0 Å². The Bertz CT molecular complexity index is 449. The molecule has 4 heteroatoms. The predicted octanol–water partition coefficient (Wildman–Crippen LogP) is 2.87. The van der Waals surface area contributed by atoms with Crippen LogP contribution in [0.25, 0.3) is 0 Å². The maximum atomic E-state index is 12.2. The number of methoxy groups -OCH3 is 2. The van der Waals surface area contributed by atoms with Crippen LogP contribution in [0.5, 0.6) is 11.5 Å². The fourth-order valence-electron chi connectivity index (χ4n) is 1.47. The second kappa shape index (κ2) is 5.95. The lowest BCUT2D eigenvalue weighted by molar-refractivity contribution is 0.0909. The Morgan fingerprint density at radius 2 is 1.74 bits per heavy atom. The van der Waals surface area contributed by atoms with Crippen LogP contribution in [-0.4, -0.2) is 26.2 Å². The first-order valence-electron chi connectivity index (χ1n) is 6.32. The Balaban J connectivity index is 2.89. The van der Waals surface area contributed by atoms with E-state index >= 15 is 0 Å². The summed E-state index contributed by atoms with van der Waals surface area (Å²) in [6.07, 6.45) is 0. The summed E-state index contributed by atoms with van der Waals surface area (Å²) in [5.74, 6) is 1.06. The Kier molecular flexibility index (Phi) is 4.81. The van der Waals surface area contributed by atoms with E-state index in [-0.39, 0.29) is 17.4 Å². The highest BCUT2D eigenvalue weighted by Crippen LogP contribution is 2.27. The van der Waals surface area contributed by atoms with E-state index in [2.05, 4.69) is 26.1 Å². The van der Waals surface area contributed by atoms with Gasteiger partial charge in [0.15, 0.2) is 11.5 Å². The van der Waals surface area contributed by atoms with Crippen LogP contribution in [-0.2, 0) is 0 Å². The average Bonchev–Trinajstić information content (AvgIpc) is 2.36. The molecule has 0 aromatic heterocycles. The highest BCUT2D eigenvalue weighted by atomic mass is 16.5. The second-order valence-corrected chi connectivity index (χ2v) is 5.63. The molecule has 0 aliphatic heterocycles. The molecule has 0 aliphatic carbocycles. The van der Waals surface area contributed by atoms with E-state index in [0.29, 0.717) is 17.1 Å². The fraction of sp³-hybridized carbons (Fsp3) is 0.533. The molecule has 0 bridgehead atoms. The van der Waals surface area contributed by atoms with Crippen LogP contribution in [0.3, 0.4) is 0 Å². The molecule has 19 heavy (non-hydrogen) atoms. The first kappa shape index (κ1) is 15.3. The van der Waals surface area contributed by atoms with Gasteiger partial charge in [-0.2, -0.15) is 0 Å². The normalized spacial score (nSPS) is 12.7. The molecule has 1 amide bonds. The molecule has 0 aliphatic rings. The summed E-state index contributed by atoms with van der Waals surface area (Å²) in [4.78, 5) is 12.2. The van der Waals surface area contributed by atoms with E-state index in [1.165, 1.54) is 0 Å². The smallest absolute Gasteiger partial charge is 0.251 e. The van der Waals surface area contributed by atoms with Gasteiger partial charge in [0.25, 0.3) is 5.91 Å². The van der Waals surface area contributed by atoms with Gasteiger partial charge in [0.05, 0.1) is 14.2 Å². The van der Waals surface area contributed by atoms with Gasteiger partial charge in [-0.3, -0.25) is 4.79 Å². The molecule has 0 saturated heterocycles. The number of nitrogens with one attached hydrogen (secondary N) is 1. The number of carbonyl (C=O) groups is 1. The Morgan fingerprint density at radius 1 is 1.16 bits per heavy atom. The molecular weight excluding hydrogens is 242 g/mol. The number of carbonyl (C=O) groups excluding carboxylic acids is 1. The van der Waals surface area contributed by atoms with E-state index < -0.39 is 0 Å². The molecule has 4 nitrogen and oxygen atoms in total. The number of hydrogen-bond acceptors (Lipinski definition) is 3. The largest absolute Gasteiger partial charge is 0.493 e. The minimum Gasteiger partial charge on any atom is -0.493 e. The van der Waals surface area contributed by atoms with Crippen molar-refractivity contribution in [3.8, 4) is 11.5 Å². The van der Waals surface area contributed by atoms with Crippen molar-refractivity contribution in [2.24, 2.45) is 5.41 Å². The van der Waals surface area contributed by atoms with Gasteiger partial charge in [-0.05, 0) is 30.5 Å². The van der Waals surface area contributed by atoms with Gasteiger partial charge in [0.1, 0.15) is 0 Å². The van der Waals surface area contributed by atoms with Crippen molar-refractivity contribution in [2.75, 3.05) is 14.2 Å². The minimum atomic E-state index is -0.108. The van der Waals surface area contributed by atoms with Crippen LogP contribution in [0.1, 0.15) is 38.1 Å². The fourth-order valence-corrected chi connectivity index (χ4v) is 1.47. The second-order valence-electron chi connectivity index (χ2n) is 5.63. The highest BCUT2D eigenvalue weighted by molar-refractivity contribution is 5.95. The lowest BCUT2D eigenvalue weighted by Gasteiger charge is -2.28. The van der Waals surface area contributed by atoms with E-state index in [1.54, 1.807) is 32.4 Å². The highest BCUT2D eigenvalue weighted by Gasteiger charge is 2.22. The molecule has 0 spiro atoms. The van der Waals surface area contributed by atoms with E-state index in [4.69, 9.17) is 9.47 Å². The van der Waals surface area contributed by atoms with Gasteiger partial charge in [-0.15, -0.1) is 0 Å². The molecule has 0 heterocycles. The van der Waals surface area contributed by atoms with Gasteiger partial charge < -0.3 is 14.8 Å². The van der Waals surface area contributed by atoms with Crippen molar-refractivity contribution < 1.29 is 14.3 Å². The summed E-state index contributed by atoms with van der Waals surface area (Å²) in [5.41, 5.74) is 0.584. The van der Waals surface area contributed by atoms with Crippen molar-refractivity contribution in [1.82, 2.24) is 5.32 Å². The zero-order valence-electron chi connectivity index (χ0n) is 12.5. The average molecular weight is 265 g/mol. The van der Waals surface area contributed by atoms with Crippen LogP contribution in [0.2, 0.25) is 0 Å². The Hall–Kier alpha value is -1.71. The van der Waals surface area contributed by atoms with Crippen molar-refractivity contribution >= 4 is 5.91 Å². The zero-order valence-corrected chi connectivity index (χ0v) is 12.5. The third-order valence-corrected chi connectivity index (χ3v) is 3.29. The molecule has 1 aromatic rings. The Morgan fingerprint density at radius 3 is 2.21 bits per heavy atom. The molecule has 106 valence electrons. The molecular formula is C15H23NO3. The van der Waals surface area contributed by atoms with Gasteiger partial charge in [-0.25, -0.2) is 0 Å². The lowest BCUT2D eigenvalue weighted by atomic mass is 9.88. The molecule has 1 rings (SSSR count). The Labute approximate surface area is 115 Å². The molecule has 1 atom stereocenters. The van der Waals surface area contributed by atoms with Crippen LogP contribution in [0, 0.1) is 5.41 Å². The standard InChI is InChI=1S/C15H23NO3/c1-10(15(2,3)4)16-14(17)11-7-8-12(18-5)13(9-11)19-6/h7-10H,1-6H3,(H,16,17). The number of amides is 1. The SMILES string of the molecule is COc1ccc(C(=O)NC(C)C(C)(C)C)cc1OC. The first-order chi connectivity index (χ1) is 8.79. The summed E-state index contributed by atoms with van der Waals surface area (Å²) < 4.78 is 10.3. The quantitative estimate of drug-likeness (QED) is 0.910. The summed E-state index contributed by atoms with van der Waals surface area (Å²) >= 11 is 0. The summed E-state index contributed by atoms with van der Waals surface area (Å²) in [7, 11) is 3.12. The van der Waals surface area contributed by atoms with Crippen LogP contribution in [0.4, 0.5) is 0 Å². The minimum absolute atomic E-state index is 0.0201. The van der Waals surface area contributed by atoms with Crippen molar-refractivity contribution in [2.45, 2.75) is 33.7 Å². The summed E-state index contributed by atoms with van der Waals surface area (Å²) in [6.45, 7) is 8.27. The molecule has 0 radical (unpaired) electrons. The van der Waals surface area contributed by atoms with Crippen molar-refractivity contribution in [3.63, 3.8) is 0 Å². The lowest BCUT2D eigenvalue weighted by Crippen LogP contribution is -2.41. The van der Waals surface area contributed by atoms with Gasteiger partial charge >= 0.3 is 0 Å². The first-order valence-corrected chi connectivity index (χ1v) is 6.32. The number of benzene rings is 1. The number of hydrogen-bond donors (Lipinski definition) is 1. The van der Waals surface area contributed by atoms with E-state index in [1.807, 2.05) is 6.92 Å². The van der Waals surface area contributed by atoms with Gasteiger partial charge in [-0.1, -0.05) is 20.8 Å². The van der Waals surface area contributed by atoms with Gasteiger partial charge in [0, 0.05) is 11.6 Å². The third-order valence-electron chi connectivity index (χ3n) is 3.29. The van der Waals surface area contributed by atoms with Crippen molar-refractivity contribution in [3.05, 3.63) is 23.8 Å². The van der Waals surface area contributed by atoms with Crippen LogP contribution in [0.15, 0.2) is 18.2 Å². The predicted molar refractivity (Wildman–Crippen MR) is 75.9 cm³/mol. The number of rotatable bonds is 4. The molecule has 1 N–H and O–H groups in total. The molecule has 1 unspecified atom stereocenters. The monoisotopic (exact) mass is 265 g/mol. The van der Waals surface area contributed by atoms with E-state index in [0.717, 1.165) is 0 Å². The topological polar surface area (TPSA) is 47.6 Å². The summed E-state index contributed by atoms with van der Waals surface area (Å²) in [5, 5.41) is 2.99. The maximum Gasteiger partial charge on any atom is 0.251 e. The molecule has 0 fully saturated rings. The maximum absolute atomic E-state index is 12.2. The van der Waals surface area contributed by atoms with E-state index in [9.17, 15) is 4.79 Å². The third kappa shape index (κ3) is 3.88. The summed E-state index contributed by atoms with van der Waals surface area (Å²) in [6, 6.07) is 5.22. The zero-order chi connectivity index (χ0) is 14.6.